The molecule has 154 valence electrons. The zero-order chi connectivity index (χ0) is 20.5. The highest BCUT2D eigenvalue weighted by molar-refractivity contribution is 6.35. The van der Waals surface area contributed by atoms with Crippen LogP contribution in [0.2, 0.25) is 10.0 Å². The van der Waals surface area contributed by atoms with Crippen molar-refractivity contribution in [2.75, 3.05) is 13.2 Å². The maximum absolute atomic E-state index is 6.23. The first-order chi connectivity index (χ1) is 14.2. The maximum Gasteiger partial charge on any atom is 0.161 e. The van der Waals surface area contributed by atoms with Crippen molar-refractivity contribution in [3.8, 4) is 11.5 Å². The highest BCUT2D eigenvalue weighted by atomic mass is 35.5. The van der Waals surface area contributed by atoms with Gasteiger partial charge < -0.3 is 19.4 Å². The summed E-state index contributed by atoms with van der Waals surface area (Å²) in [4.78, 5) is 4.05. The molecule has 0 aliphatic carbocycles. The number of ether oxygens (including phenoxy) is 2. The van der Waals surface area contributed by atoms with Crippen LogP contribution in [0.25, 0.3) is 0 Å². The molecule has 0 saturated heterocycles. The monoisotopic (exact) mass is 433 g/mol. The van der Waals surface area contributed by atoms with E-state index in [0.29, 0.717) is 28.2 Å². The van der Waals surface area contributed by atoms with Gasteiger partial charge in [0.05, 0.1) is 12.9 Å². The number of aryl methyl sites for hydroxylation is 1. The number of nitrogens with zero attached hydrogens (tertiary/aromatic N) is 2. The van der Waals surface area contributed by atoms with Crippen LogP contribution in [-0.2, 0) is 19.7 Å². The smallest absolute Gasteiger partial charge is 0.161 e. The fourth-order valence-electron chi connectivity index (χ4n) is 2.91. The van der Waals surface area contributed by atoms with Crippen molar-refractivity contribution in [1.29, 1.82) is 0 Å². The summed E-state index contributed by atoms with van der Waals surface area (Å²) in [6.07, 6.45) is 6.65. The second-order valence-corrected chi connectivity index (χ2v) is 7.35. The van der Waals surface area contributed by atoms with E-state index in [9.17, 15) is 0 Å². The molecule has 0 radical (unpaired) electrons. The third-order valence-corrected chi connectivity index (χ3v) is 5.11. The predicted octanol–water partition coefficient (Wildman–Crippen LogP) is 5.35. The van der Waals surface area contributed by atoms with Gasteiger partial charge in [-0.15, -0.1) is 0 Å². The van der Waals surface area contributed by atoms with E-state index in [1.807, 2.05) is 43.7 Å². The van der Waals surface area contributed by atoms with Crippen LogP contribution in [0.1, 0.15) is 24.5 Å². The van der Waals surface area contributed by atoms with Crippen molar-refractivity contribution < 1.29 is 9.47 Å². The highest BCUT2D eigenvalue weighted by Crippen LogP contribution is 2.31. The lowest BCUT2D eigenvalue weighted by molar-refractivity contribution is 0.269. The molecule has 0 amide bonds. The summed E-state index contributed by atoms with van der Waals surface area (Å²) in [6.45, 7) is 5.44. The third kappa shape index (κ3) is 6.39. The fourth-order valence-corrected chi connectivity index (χ4v) is 3.42. The summed E-state index contributed by atoms with van der Waals surface area (Å²) >= 11 is 12.5. The summed E-state index contributed by atoms with van der Waals surface area (Å²) in [5.41, 5.74) is 1.90. The molecule has 0 bridgehead atoms. The molecular formula is C22H25Cl2N3O2. The summed E-state index contributed by atoms with van der Waals surface area (Å²) in [7, 11) is 0. The average molecular weight is 434 g/mol. The molecule has 0 aliphatic rings. The molecule has 7 heteroatoms. The molecule has 1 heterocycles. The Balaban J connectivity index is 1.55. The van der Waals surface area contributed by atoms with Crippen molar-refractivity contribution in [1.82, 2.24) is 14.9 Å². The zero-order valence-electron chi connectivity index (χ0n) is 16.4. The molecular weight excluding hydrogens is 409 g/mol. The van der Waals surface area contributed by atoms with E-state index in [-0.39, 0.29) is 6.61 Å². The van der Waals surface area contributed by atoms with E-state index >= 15 is 0 Å². The second-order valence-electron chi connectivity index (χ2n) is 6.53. The van der Waals surface area contributed by atoms with Gasteiger partial charge in [0.25, 0.3) is 0 Å². The van der Waals surface area contributed by atoms with Gasteiger partial charge in [0.15, 0.2) is 11.5 Å². The lowest BCUT2D eigenvalue weighted by atomic mass is 10.2. The van der Waals surface area contributed by atoms with Crippen molar-refractivity contribution in [3.63, 3.8) is 0 Å². The molecule has 0 saturated carbocycles. The first-order valence-electron chi connectivity index (χ1n) is 9.65. The number of imidazole rings is 1. The Morgan fingerprint density at radius 2 is 1.90 bits per heavy atom. The normalized spacial score (nSPS) is 10.9. The lowest BCUT2D eigenvalue weighted by Crippen LogP contribution is -2.16. The molecule has 0 atom stereocenters. The molecule has 1 N–H and O–H groups in total. The van der Waals surface area contributed by atoms with Gasteiger partial charge in [-0.1, -0.05) is 35.3 Å². The number of halogens is 2. The molecule has 0 spiro atoms. The number of hydrogen-bond acceptors (Lipinski definition) is 4. The topological polar surface area (TPSA) is 48.3 Å². The molecule has 0 fully saturated rings. The lowest BCUT2D eigenvalue weighted by Gasteiger charge is -2.15. The van der Waals surface area contributed by atoms with E-state index < -0.39 is 0 Å². The summed E-state index contributed by atoms with van der Waals surface area (Å²) in [6, 6.07) is 11.4. The highest BCUT2D eigenvalue weighted by Gasteiger charge is 2.10. The van der Waals surface area contributed by atoms with E-state index in [4.69, 9.17) is 32.7 Å². The Hall–Kier alpha value is -2.21. The zero-order valence-corrected chi connectivity index (χ0v) is 17.9. The van der Waals surface area contributed by atoms with Crippen molar-refractivity contribution in [3.05, 3.63) is 76.3 Å². The fraction of sp³-hybridized carbons (Fsp3) is 0.318. The van der Waals surface area contributed by atoms with Crippen LogP contribution in [0.3, 0.4) is 0 Å². The number of rotatable bonds is 11. The van der Waals surface area contributed by atoms with E-state index in [1.165, 1.54) is 0 Å². The van der Waals surface area contributed by atoms with E-state index in [1.54, 1.807) is 18.3 Å². The van der Waals surface area contributed by atoms with Crippen LogP contribution in [0, 0.1) is 0 Å². The first-order valence-corrected chi connectivity index (χ1v) is 10.4. The van der Waals surface area contributed by atoms with Crippen LogP contribution >= 0.6 is 23.2 Å². The third-order valence-electron chi connectivity index (χ3n) is 4.40. The van der Waals surface area contributed by atoms with Crippen LogP contribution < -0.4 is 14.8 Å². The summed E-state index contributed by atoms with van der Waals surface area (Å²) < 4.78 is 13.8. The first kappa shape index (κ1) is 21.5. The largest absolute Gasteiger partial charge is 0.490 e. The van der Waals surface area contributed by atoms with Crippen molar-refractivity contribution >= 4 is 23.2 Å². The molecule has 29 heavy (non-hydrogen) atoms. The molecule has 1 aromatic heterocycles. The molecule has 3 aromatic rings. The Morgan fingerprint density at radius 1 is 1.07 bits per heavy atom. The quantitative estimate of drug-likeness (QED) is 0.414. The summed E-state index contributed by atoms with van der Waals surface area (Å²) in [5.74, 6) is 1.39. The summed E-state index contributed by atoms with van der Waals surface area (Å²) in [5, 5.41) is 4.64. The Kier molecular flexibility index (Phi) is 8.23. The molecule has 0 unspecified atom stereocenters. The number of aromatic nitrogens is 2. The van der Waals surface area contributed by atoms with Crippen LogP contribution in [0.4, 0.5) is 0 Å². The number of nitrogens with one attached hydrogen (secondary N) is 1. The molecule has 2 aromatic carbocycles. The van der Waals surface area contributed by atoms with Crippen molar-refractivity contribution in [2.24, 2.45) is 0 Å². The minimum atomic E-state index is 0.282. The van der Waals surface area contributed by atoms with E-state index in [0.717, 1.165) is 37.2 Å². The predicted molar refractivity (Wildman–Crippen MR) is 117 cm³/mol. The van der Waals surface area contributed by atoms with Gasteiger partial charge in [0.2, 0.25) is 0 Å². The minimum Gasteiger partial charge on any atom is -0.490 e. The Labute approximate surface area is 181 Å². The van der Waals surface area contributed by atoms with Crippen LogP contribution in [0.5, 0.6) is 11.5 Å². The molecule has 5 nitrogen and oxygen atoms in total. The minimum absolute atomic E-state index is 0.282. The number of hydrogen-bond donors (Lipinski definition) is 1. The van der Waals surface area contributed by atoms with Crippen molar-refractivity contribution in [2.45, 2.75) is 33.0 Å². The van der Waals surface area contributed by atoms with Crippen LogP contribution in [-0.4, -0.2) is 22.7 Å². The van der Waals surface area contributed by atoms with Gasteiger partial charge in [-0.05, 0) is 49.7 Å². The van der Waals surface area contributed by atoms with Gasteiger partial charge in [0, 0.05) is 41.1 Å². The average Bonchev–Trinajstić information content (AvgIpc) is 3.22. The van der Waals surface area contributed by atoms with E-state index in [2.05, 4.69) is 14.9 Å². The van der Waals surface area contributed by atoms with Crippen LogP contribution in [0.15, 0.2) is 55.1 Å². The Morgan fingerprint density at radius 3 is 2.62 bits per heavy atom. The molecule has 3 rings (SSSR count). The molecule has 0 aliphatic heterocycles. The maximum atomic E-state index is 6.23. The van der Waals surface area contributed by atoms with Gasteiger partial charge in [-0.2, -0.15) is 0 Å². The number of benzene rings is 2. The van der Waals surface area contributed by atoms with Gasteiger partial charge in [-0.25, -0.2) is 4.98 Å². The van der Waals surface area contributed by atoms with Gasteiger partial charge in [-0.3, -0.25) is 0 Å². The second kappa shape index (κ2) is 11.1. The standard InChI is InChI=1S/C22H25Cl2N3O2/c1-2-28-22-13-17(14-25-9-4-11-27-12-10-26-16-27)7-8-21(22)29-15-18-19(23)5-3-6-20(18)24/h3,5-8,10,12-13,16,25H,2,4,9,11,14-15H2,1H3. The van der Waals surface area contributed by atoms with Gasteiger partial charge in [0.1, 0.15) is 6.61 Å². The van der Waals surface area contributed by atoms with Gasteiger partial charge >= 0.3 is 0 Å². The SMILES string of the molecule is CCOc1cc(CNCCCn2ccnc2)ccc1OCc1c(Cl)cccc1Cl. The Bertz CT molecular complexity index is 881.